The molecular formula is C26H46N2O6S. The van der Waals surface area contributed by atoms with Gasteiger partial charge in [0.2, 0.25) is 0 Å². The lowest BCUT2D eigenvalue weighted by Gasteiger charge is -2.41. The van der Waals surface area contributed by atoms with E-state index in [1.165, 1.54) is 0 Å². The monoisotopic (exact) mass is 514 g/mol. The summed E-state index contributed by atoms with van der Waals surface area (Å²) in [6.07, 6.45) is 9.54. The third kappa shape index (κ3) is 5.74. The van der Waals surface area contributed by atoms with Crippen LogP contribution in [0.2, 0.25) is 0 Å². The Morgan fingerprint density at radius 2 is 1.43 bits per heavy atom. The summed E-state index contributed by atoms with van der Waals surface area (Å²) in [5.41, 5.74) is 1.01. The number of methoxy groups -OCH3 is 4. The van der Waals surface area contributed by atoms with Crippen LogP contribution in [-0.4, -0.2) is 82.7 Å². The lowest BCUT2D eigenvalue weighted by atomic mass is 9.76. The van der Waals surface area contributed by atoms with Crippen molar-refractivity contribution in [3.05, 3.63) is 0 Å². The number of rotatable bonds is 8. The van der Waals surface area contributed by atoms with Gasteiger partial charge in [-0.25, -0.2) is 8.42 Å². The Kier molecular flexibility index (Phi) is 9.17. The standard InChI is InChI=1S/C26H46N2O6S/c1-17-6-10-20(11-7-17)35(29,30)28-23(21-15-19(31-2)9-13-24(21)32-3)16-22(27-28)18-8-12-25(33-4)26(14-18)34-5/h17-21,23-26H,6-16H2,1-5H3. The fourth-order valence-electron chi connectivity index (χ4n) is 6.99. The maximum Gasteiger partial charge on any atom is 0.252 e. The Hall–Kier alpha value is -0.740. The smallest absolute Gasteiger partial charge is 0.252 e. The van der Waals surface area contributed by atoms with Crippen molar-refractivity contribution in [1.29, 1.82) is 0 Å². The van der Waals surface area contributed by atoms with E-state index >= 15 is 0 Å². The van der Waals surface area contributed by atoms with Gasteiger partial charge in [0.1, 0.15) is 0 Å². The van der Waals surface area contributed by atoms with Gasteiger partial charge in [0.25, 0.3) is 10.0 Å². The number of hydrazone groups is 1. The Balaban J connectivity index is 1.62. The van der Waals surface area contributed by atoms with Crippen molar-refractivity contribution in [2.45, 2.75) is 113 Å². The van der Waals surface area contributed by atoms with Crippen LogP contribution in [0.15, 0.2) is 5.10 Å². The molecule has 0 aromatic rings. The first-order valence-electron chi connectivity index (χ1n) is 13.5. The number of nitrogens with zero attached hydrogens (tertiary/aromatic N) is 2. The van der Waals surface area contributed by atoms with Crippen molar-refractivity contribution in [2.24, 2.45) is 22.9 Å². The van der Waals surface area contributed by atoms with E-state index in [0.717, 1.165) is 69.9 Å². The van der Waals surface area contributed by atoms with Crippen molar-refractivity contribution in [3.8, 4) is 0 Å². The Bertz CT molecular complexity index is 828. The largest absolute Gasteiger partial charge is 0.381 e. The van der Waals surface area contributed by atoms with Crippen LogP contribution in [0.4, 0.5) is 0 Å². The zero-order valence-corrected chi connectivity index (χ0v) is 23.0. The van der Waals surface area contributed by atoms with Crippen LogP contribution >= 0.6 is 0 Å². The minimum Gasteiger partial charge on any atom is -0.381 e. The summed E-state index contributed by atoms with van der Waals surface area (Å²) in [5, 5.41) is 4.60. The number of ether oxygens (including phenoxy) is 4. The molecule has 1 heterocycles. The first-order valence-corrected chi connectivity index (χ1v) is 15.0. The van der Waals surface area contributed by atoms with E-state index in [-0.39, 0.29) is 47.5 Å². The lowest BCUT2D eigenvalue weighted by Crippen LogP contribution is -2.49. The summed E-state index contributed by atoms with van der Waals surface area (Å²) in [6.45, 7) is 2.22. The maximum atomic E-state index is 14.0. The van der Waals surface area contributed by atoms with E-state index in [9.17, 15) is 8.42 Å². The summed E-state index contributed by atoms with van der Waals surface area (Å²) < 4.78 is 52.6. The fourth-order valence-corrected chi connectivity index (χ4v) is 8.99. The zero-order chi connectivity index (χ0) is 25.2. The normalized spacial score (nSPS) is 41.1. The van der Waals surface area contributed by atoms with Gasteiger partial charge in [-0.3, -0.25) is 0 Å². The van der Waals surface area contributed by atoms with Crippen LogP contribution in [0.25, 0.3) is 0 Å². The summed E-state index contributed by atoms with van der Waals surface area (Å²) in [6, 6.07) is -0.210. The predicted octanol–water partition coefficient (Wildman–Crippen LogP) is 3.99. The van der Waals surface area contributed by atoms with Gasteiger partial charge in [-0.2, -0.15) is 9.52 Å². The Morgan fingerprint density at radius 1 is 0.771 bits per heavy atom. The van der Waals surface area contributed by atoms with Gasteiger partial charge in [-0.15, -0.1) is 0 Å². The molecule has 9 heteroatoms. The molecule has 0 saturated heterocycles. The molecule has 8 nitrogen and oxygen atoms in total. The van der Waals surface area contributed by atoms with Crippen molar-refractivity contribution < 1.29 is 27.4 Å². The molecule has 0 N–H and O–H groups in total. The van der Waals surface area contributed by atoms with E-state index < -0.39 is 10.0 Å². The molecular weight excluding hydrogens is 468 g/mol. The highest BCUT2D eigenvalue weighted by Crippen LogP contribution is 2.42. The highest BCUT2D eigenvalue weighted by molar-refractivity contribution is 7.89. The molecule has 0 bridgehead atoms. The van der Waals surface area contributed by atoms with Crippen LogP contribution in [0, 0.1) is 17.8 Å². The second-order valence-electron chi connectivity index (χ2n) is 11.2. The molecule has 0 spiro atoms. The first-order chi connectivity index (χ1) is 16.8. The molecule has 3 saturated carbocycles. The Labute approximate surface area is 212 Å². The van der Waals surface area contributed by atoms with Crippen LogP contribution in [0.1, 0.15) is 77.6 Å². The summed E-state index contributed by atoms with van der Waals surface area (Å²) in [5.74, 6) is 0.865. The molecule has 7 atom stereocenters. The van der Waals surface area contributed by atoms with Gasteiger partial charge in [0, 0.05) is 52.4 Å². The zero-order valence-electron chi connectivity index (χ0n) is 22.2. The molecule has 0 amide bonds. The summed E-state index contributed by atoms with van der Waals surface area (Å²) in [7, 11) is 3.42. The van der Waals surface area contributed by atoms with Crippen LogP contribution in [-0.2, 0) is 29.0 Å². The van der Waals surface area contributed by atoms with Gasteiger partial charge >= 0.3 is 0 Å². The molecule has 0 aromatic heterocycles. The van der Waals surface area contributed by atoms with E-state index in [4.69, 9.17) is 24.0 Å². The summed E-state index contributed by atoms with van der Waals surface area (Å²) in [4.78, 5) is 0. The molecule has 4 aliphatic rings. The average Bonchev–Trinajstić information content (AvgIpc) is 3.34. The first kappa shape index (κ1) is 27.3. The van der Waals surface area contributed by atoms with Crippen molar-refractivity contribution in [3.63, 3.8) is 0 Å². The highest BCUT2D eigenvalue weighted by atomic mass is 32.2. The quantitative estimate of drug-likeness (QED) is 0.487. The van der Waals surface area contributed by atoms with Gasteiger partial charge in [0.15, 0.2) is 0 Å². The second kappa shape index (κ2) is 11.8. The van der Waals surface area contributed by atoms with Gasteiger partial charge < -0.3 is 18.9 Å². The number of hydrogen-bond donors (Lipinski definition) is 0. The highest BCUT2D eigenvalue weighted by Gasteiger charge is 2.49. The molecule has 3 fully saturated rings. The molecule has 0 aromatic carbocycles. The van der Waals surface area contributed by atoms with Crippen LogP contribution in [0.5, 0.6) is 0 Å². The van der Waals surface area contributed by atoms with Gasteiger partial charge in [-0.1, -0.05) is 6.92 Å². The molecule has 202 valence electrons. The van der Waals surface area contributed by atoms with E-state index in [1.54, 1.807) is 32.9 Å². The predicted molar refractivity (Wildman–Crippen MR) is 136 cm³/mol. The molecule has 35 heavy (non-hydrogen) atoms. The van der Waals surface area contributed by atoms with E-state index in [1.807, 2.05) is 0 Å². The summed E-state index contributed by atoms with van der Waals surface area (Å²) >= 11 is 0. The van der Waals surface area contributed by atoms with Crippen molar-refractivity contribution in [2.75, 3.05) is 28.4 Å². The molecule has 0 radical (unpaired) electrons. The number of sulfonamides is 1. The average molecular weight is 515 g/mol. The minimum absolute atomic E-state index is 0.00432. The van der Waals surface area contributed by atoms with Crippen molar-refractivity contribution in [1.82, 2.24) is 4.41 Å². The third-order valence-electron chi connectivity index (χ3n) is 9.30. The maximum absolute atomic E-state index is 14.0. The molecule has 4 rings (SSSR count). The topological polar surface area (TPSA) is 86.7 Å². The SMILES string of the molecule is COC1CCC(OC)C(C2CC(C3CCC(OC)C(OC)C3)=NN2S(=O)(=O)C2CCC(C)CC2)C1. The third-order valence-corrected chi connectivity index (χ3v) is 11.5. The number of hydrogen-bond acceptors (Lipinski definition) is 7. The van der Waals surface area contributed by atoms with E-state index in [0.29, 0.717) is 12.3 Å². The van der Waals surface area contributed by atoms with Crippen LogP contribution < -0.4 is 0 Å². The van der Waals surface area contributed by atoms with E-state index in [2.05, 4.69) is 6.92 Å². The van der Waals surface area contributed by atoms with Gasteiger partial charge in [-0.05, 0) is 70.1 Å². The Morgan fingerprint density at radius 3 is 2.06 bits per heavy atom. The lowest BCUT2D eigenvalue weighted by molar-refractivity contribution is -0.0640. The molecule has 3 aliphatic carbocycles. The van der Waals surface area contributed by atoms with Crippen molar-refractivity contribution >= 4 is 15.7 Å². The van der Waals surface area contributed by atoms with Gasteiger partial charge in [0.05, 0.1) is 35.7 Å². The van der Waals surface area contributed by atoms with Crippen LogP contribution in [0.3, 0.4) is 0 Å². The minimum atomic E-state index is -3.55. The fraction of sp³-hybridized carbons (Fsp3) is 0.962. The molecule has 7 unspecified atom stereocenters. The second-order valence-corrected chi connectivity index (χ2v) is 13.3. The molecule has 1 aliphatic heterocycles.